The van der Waals surface area contributed by atoms with Crippen molar-refractivity contribution in [2.75, 3.05) is 0 Å². The van der Waals surface area contributed by atoms with Gasteiger partial charge in [0.15, 0.2) is 6.29 Å². The van der Waals surface area contributed by atoms with E-state index in [1.165, 1.54) is 57.8 Å². The number of rotatable bonds is 16. The van der Waals surface area contributed by atoms with Gasteiger partial charge in [-0.1, -0.05) is 63.3 Å². The first kappa shape index (κ1) is 23.4. The zero-order valence-electron chi connectivity index (χ0n) is 16.9. The van der Waals surface area contributed by atoms with Crippen molar-refractivity contribution >= 4 is 0 Å². The van der Waals surface area contributed by atoms with Crippen LogP contribution in [0.5, 0.6) is 0 Å². The van der Waals surface area contributed by atoms with Crippen molar-refractivity contribution in [3.63, 3.8) is 0 Å². The van der Waals surface area contributed by atoms with E-state index in [0.717, 1.165) is 6.42 Å². The Morgan fingerprint density at radius 1 is 0.667 bits per heavy atom. The molecule has 0 aliphatic carbocycles. The molecule has 24 heavy (non-hydrogen) atoms. The molecule has 0 unspecified atom stereocenters. The van der Waals surface area contributed by atoms with Gasteiger partial charge in [-0.15, -0.1) is 0 Å². The van der Waals surface area contributed by atoms with Gasteiger partial charge in [0.2, 0.25) is 0 Å². The molecular weight excluding hydrogens is 296 g/mol. The Kier molecular flexibility index (Phi) is 16.8. The first-order chi connectivity index (χ1) is 11.6. The van der Waals surface area contributed by atoms with Crippen molar-refractivity contribution < 1.29 is 9.47 Å². The van der Waals surface area contributed by atoms with Crippen LogP contribution in [0.25, 0.3) is 0 Å². The minimum Gasteiger partial charge on any atom is -0.350 e. The Hall–Kier alpha value is -0.600. The summed E-state index contributed by atoms with van der Waals surface area (Å²) in [6.45, 7) is 10.5. The molecule has 0 saturated heterocycles. The molecular formula is C22H42O2. The second-order valence-corrected chi connectivity index (χ2v) is 7.14. The smallest absolute Gasteiger partial charge is 0.158 e. The lowest BCUT2D eigenvalue weighted by Crippen LogP contribution is -2.24. The molecule has 0 N–H and O–H groups in total. The van der Waals surface area contributed by atoms with Crippen molar-refractivity contribution in [3.8, 4) is 0 Å². The van der Waals surface area contributed by atoms with Gasteiger partial charge in [-0.25, -0.2) is 0 Å². The predicted molar refractivity (Wildman–Crippen MR) is 106 cm³/mol. The van der Waals surface area contributed by atoms with Crippen molar-refractivity contribution in [3.05, 3.63) is 24.3 Å². The van der Waals surface area contributed by atoms with E-state index in [1.807, 2.05) is 0 Å². The summed E-state index contributed by atoms with van der Waals surface area (Å²) < 4.78 is 11.7. The fraction of sp³-hybridized carbons (Fsp3) is 0.818. The third kappa shape index (κ3) is 17.7. The summed E-state index contributed by atoms with van der Waals surface area (Å²) in [6, 6.07) is 0. The molecule has 0 radical (unpaired) electrons. The van der Waals surface area contributed by atoms with Crippen molar-refractivity contribution in [2.45, 2.75) is 117 Å². The highest BCUT2D eigenvalue weighted by atomic mass is 16.7. The second-order valence-electron chi connectivity index (χ2n) is 7.14. The third-order valence-corrected chi connectivity index (χ3v) is 3.77. The summed E-state index contributed by atoms with van der Waals surface area (Å²) >= 11 is 0. The Morgan fingerprint density at radius 2 is 1.17 bits per heavy atom. The van der Waals surface area contributed by atoms with Crippen LogP contribution in [0, 0.1) is 0 Å². The summed E-state index contributed by atoms with van der Waals surface area (Å²) in [5.41, 5.74) is 0. The van der Waals surface area contributed by atoms with Crippen molar-refractivity contribution in [2.24, 2.45) is 0 Å². The number of hydrogen-bond donors (Lipinski definition) is 0. The molecule has 0 heterocycles. The zero-order valence-corrected chi connectivity index (χ0v) is 16.9. The summed E-state index contributed by atoms with van der Waals surface area (Å²) in [6.07, 6.45) is 21.8. The second kappa shape index (κ2) is 17.2. The summed E-state index contributed by atoms with van der Waals surface area (Å²) in [7, 11) is 0. The van der Waals surface area contributed by atoms with Crippen LogP contribution in [0.4, 0.5) is 0 Å². The maximum Gasteiger partial charge on any atom is 0.158 e. The SMILES string of the molecule is CCCC/C=C\C=C\CCCCCCCC(OC(C)C)OC(C)C. The first-order valence-electron chi connectivity index (χ1n) is 10.2. The largest absolute Gasteiger partial charge is 0.350 e. The quantitative estimate of drug-likeness (QED) is 0.168. The minimum atomic E-state index is -0.0348. The van der Waals surface area contributed by atoms with Crippen LogP contribution in [-0.4, -0.2) is 18.5 Å². The fourth-order valence-corrected chi connectivity index (χ4v) is 2.55. The summed E-state index contributed by atoms with van der Waals surface area (Å²) in [5, 5.41) is 0. The van der Waals surface area contributed by atoms with Gasteiger partial charge in [-0.05, 0) is 59.8 Å². The number of ether oxygens (including phenoxy) is 2. The molecule has 2 heteroatoms. The lowest BCUT2D eigenvalue weighted by Gasteiger charge is -2.23. The maximum atomic E-state index is 5.83. The topological polar surface area (TPSA) is 18.5 Å². The minimum absolute atomic E-state index is 0.0348. The normalized spacial score (nSPS) is 12.7. The lowest BCUT2D eigenvalue weighted by atomic mass is 10.1. The lowest BCUT2D eigenvalue weighted by molar-refractivity contribution is -0.184. The van der Waals surface area contributed by atoms with Gasteiger partial charge < -0.3 is 9.47 Å². The van der Waals surface area contributed by atoms with Gasteiger partial charge in [-0.2, -0.15) is 0 Å². The molecule has 2 nitrogen and oxygen atoms in total. The Morgan fingerprint density at radius 3 is 1.71 bits per heavy atom. The van der Waals surface area contributed by atoms with Crippen LogP contribution in [0.15, 0.2) is 24.3 Å². The monoisotopic (exact) mass is 338 g/mol. The van der Waals surface area contributed by atoms with Gasteiger partial charge in [0.1, 0.15) is 0 Å². The summed E-state index contributed by atoms with van der Waals surface area (Å²) in [5.74, 6) is 0. The van der Waals surface area contributed by atoms with E-state index >= 15 is 0 Å². The zero-order chi connectivity index (χ0) is 18.0. The number of hydrogen-bond acceptors (Lipinski definition) is 2. The van der Waals surface area contributed by atoms with Gasteiger partial charge in [-0.3, -0.25) is 0 Å². The third-order valence-electron chi connectivity index (χ3n) is 3.77. The molecule has 0 rings (SSSR count). The predicted octanol–water partition coefficient (Wildman–Crippen LogP) is 7.20. The molecule has 0 aromatic heterocycles. The Balaban J connectivity index is 3.54. The molecule has 0 bridgehead atoms. The standard InChI is InChI=1S/C22H42O2/c1-6-7-8-9-10-11-12-13-14-15-16-17-18-19-22(23-20(2)3)24-21(4)5/h9-12,20-22H,6-8,13-19H2,1-5H3/b10-9-,12-11+. The Bertz CT molecular complexity index is 295. The van der Waals surface area contributed by atoms with E-state index in [1.54, 1.807) is 0 Å². The van der Waals surface area contributed by atoms with E-state index in [2.05, 4.69) is 58.9 Å². The van der Waals surface area contributed by atoms with E-state index in [0.29, 0.717) is 0 Å². The van der Waals surface area contributed by atoms with E-state index in [4.69, 9.17) is 9.47 Å². The van der Waals surface area contributed by atoms with Crippen LogP contribution in [0.3, 0.4) is 0 Å². The van der Waals surface area contributed by atoms with Gasteiger partial charge in [0.25, 0.3) is 0 Å². The average Bonchev–Trinajstić information content (AvgIpc) is 2.50. The molecule has 0 saturated carbocycles. The van der Waals surface area contributed by atoms with Crippen molar-refractivity contribution in [1.82, 2.24) is 0 Å². The van der Waals surface area contributed by atoms with Gasteiger partial charge in [0.05, 0.1) is 12.2 Å². The first-order valence-corrected chi connectivity index (χ1v) is 10.2. The highest BCUT2D eigenvalue weighted by Crippen LogP contribution is 2.14. The molecule has 0 aliphatic heterocycles. The van der Waals surface area contributed by atoms with Gasteiger partial charge in [0, 0.05) is 0 Å². The van der Waals surface area contributed by atoms with Crippen LogP contribution < -0.4 is 0 Å². The molecule has 142 valence electrons. The van der Waals surface area contributed by atoms with E-state index in [9.17, 15) is 0 Å². The number of allylic oxidation sites excluding steroid dienone is 4. The fourth-order valence-electron chi connectivity index (χ4n) is 2.55. The molecule has 0 atom stereocenters. The average molecular weight is 339 g/mol. The molecule has 0 aromatic rings. The van der Waals surface area contributed by atoms with Crippen LogP contribution in [0.1, 0.15) is 98.8 Å². The van der Waals surface area contributed by atoms with E-state index in [-0.39, 0.29) is 18.5 Å². The molecule has 0 fully saturated rings. The van der Waals surface area contributed by atoms with Crippen LogP contribution in [0.2, 0.25) is 0 Å². The van der Waals surface area contributed by atoms with E-state index < -0.39 is 0 Å². The molecule has 0 amide bonds. The Labute approximate surface area is 151 Å². The van der Waals surface area contributed by atoms with Gasteiger partial charge >= 0.3 is 0 Å². The maximum absolute atomic E-state index is 5.83. The van der Waals surface area contributed by atoms with Crippen LogP contribution >= 0.6 is 0 Å². The molecule has 0 spiro atoms. The van der Waals surface area contributed by atoms with Crippen molar-refractivity contribution in [1.29, 1.82) is 0 Å². The molecule has 0 aliphatic rings. The number of unbranched alkanes of at least 4 members (excludes halogenated alkanes) is 7. The highest BCUT2D eigenvalue weighted by Gasteiger charge is 2.12. The summed E-state index contributed by atoms with van der Waals surface area (Å²) in [4.78, 5) is 0. The highest BCUT2D eigenvalue weighted by molar-refractivity contribution is 5.02. The molecule has 0 aromatic carbocycles. The van der Waals surface area contributed by atoms with Crippen LogP contribution in [-0.2, 0) is 9.47 Å².